The van der Waals surface area contributed by atoms with Crippen LogP contribution < -0.4 is 43.0 Å². The Hall–Kier alpha value is -8.90. The van der Waals surface area contributed by atoms with E-state index in [1.165, 1.54) is 78.2 Å². The molecule has 0 spiro atoms. The lowest BCUT2D eigenvalue weighted by Gasteiger charge is -2.18. The van der Waals surface area contributed by atoms with Crippen LogP contribution in [0.15, 0.2) is 138 Å². The van der Waals surface area contributed by atoms with Gasteiger partial charge in [-0.25, -0.2) is 22.4 Å². The molecule has 0 fully saturated rings. The minimum Gasteiger partial charge on any atom is -0.377 e. The van der Waals surface area contributed by atoms with Crippen LogP contribution in [0.1, 0.15) is 67.2 Å². The fourth-order valence-corrected chi connectivity index (χ4v) is 10.8. The lowest BCUT2D eigenvalue weighted by molar-refractivity contribution is -0.137. The number of carbonyl (C=O) groups is 4. The molecule has 22 nitrogen and oxygen atoms in total. The first-order valence-corrected chi connectivity index (χ1v) is 29.8. The van der Waals surface area contributed by atoms with Gasteiger partial charge in [-0.1, -0.05) is 18.2 Å². The number of alkyl halides is 4. The van der Waals surface area contributed by atoms with E-state index in [1.807, 2.05) is 12.1 Å². The largest absolute Gasteiger partial charge is 0.416 e. The number of unbranched alkanes of at least 4 members (excludes halogenated alkanes) is 1. The molecule has 28 heteroatoms. The van der Waals surface area contributed by atoms with Gasteiger partial charge in [-0.05, 0) is 123 Å². The Labute approximate surface area is 508 Å². The number of ether oxygens (including phenoxy) is 4. The molecule has 0 radical (unpaired) electrons. The van der Waals surface area contributed by atoms with Gasteiger partial charge in [0.2, 0.25) is 0 Å². The highest BCUT2D eigenvalue weighted by atomic mass is 32.2. The van der Waals surface area contributed by atoms with Crippen molar-refractivity contribution in [1.82, 2.24) is 41.0 Å². The van der Waals surface area contributed by atoms with Crippen LogP contribution in [0.4, 0.5) is 27.2 Å². The molecule has 0 saturated heterocycles. The monoisotopic (exact) mass is 1260 g/mol. The molecule has 6 amide bonds. The van der Waals surface area contributed by atoms with E-state index in [1.54, 1.807) is 25.1 Å². The molecule has 0 bridgehead atoms. The number of benzene rings is 4. The van der Waals surface area contributed by atoms with Gasteiger partial charge >= 0.3 is 18.2 Å². The van der Waals surface area contributed by atoms with Crippen molar-refractivity contribution < 1.29 is 64.1 Å². The SMILES string of the molecule is Cc1c(S(=O)c2ccc(C#N)cc2)cc(C(=O)NCCOCCOCCNC(=O)NCCCCNC(=O)NCCOCCOCCNC(=O)c2cc(S(=O)c3ccc(C#N)cc3)c(C)n(-c3cccc(C(F)(F)F)c3)c2=O)c(=O)n1-c1cccc(CF)c1. The molecule has 2 aromatic heterocycles. The first-order chi connectivity index (χ1) is 42.4. The molecule has 0 aliphatic rings. The van der Waals surface area contributed by atoms with E-state index in [2.05, 4.69) is 31.9 Å². The van der Waals surface area contributed by atoms with Crippen molar-refractivity contribution in [3.05, 3.63) is 175 Å². The van der Waals surface area contributed by atoms with Gasteiger partial charge in [-0.2, -0.15) is 23.7 Å². The standard InChI is InChI=1S/C60H64F4N10O12S2/c1-40-52(87(81)48-15-11-42(38-65)12-16-48)35-50(56(77)73(40)46-9-5-7-44(33-46)37-61)54(75)67-21-25-83-29-31-85-27-23-71-58(79)69-19-3-4-20-70-59(80)72-24-28-86-32-30-84-26-22-68-55(76)51-36-53(88(82)49-17-13-43(39-66)14-18-49)41(2)74(57(51)78)47-10-6-8-45(34-47)60(62,63)64/h5-18,33-36H,3-4,19-32,37H2,1-2H3,(H,67,75)(H,68,76)(H2,69,71,79)(H2,70,72,80). The van der Waals surface area contributed by atoms with Gasteiger partial charge in [0.1, 0.15) is 17.8 Å². The van der Waals surface area contributed by atoms with Crippen molar-refractivity contribution in [2.45, 2.75) is 59.1 Å². The van der Waals surface area contributed by atoms with Crippen LogP contribution in [-0.4, -0.2) is 134 Å². The highest BCUT2D eigenvalue weighted by Gasteiger charge is 2.31. The second-order valence-electron chi connectivity index (χ2n) is 19.0. The van der Waals surface area contributed by atoms with E-state index in [0.29, 0.717) is 47.5 Å². The van der Waals surface area contributed by atoms with E-state index in [0.717, 1.165) is 28.8 Å². The van der Waals surface area contributed by atoms with Crippen LogP contribution in [0.3, 0.4) is 0 Å². The maximum Gasteiger partial charge on any atom is 0.416 e. The molecule has 6 N–H and O–H groups in total. The predicted molar refractivity (Wildman–Crippen MR) is 315 cm³/mol. The number of carbonyl (C=O) groups excluding carboxylic acids is 4. The van der Waals surface area contributed by atoms with E-state index in [-0.39, 0.29) is 122 Å². The van der Waals surface area contributed by atoms with E-state index in [4.69, 9.17) is 18.9 Å². The number of amides is 6. The average molecular weight is 1260 g/mol. The Morgan fingerprint density at radius 3 is 1.27 bits per heavy atom. The number of nitrogens with one attached hydrogen (secondary N) is 6. The minimum atomic E-state index is -4.73. The molecular formula is C60H64F4N10O12S2. The Morgan fingerprint density at radius 2 is 0.886 bits per heavy atom. The smallest absolute Gasteiger partial charge is 0.377 e. The Bertz CT molecular complexity index is 3670. The average Bonchev–Trinajstić information content (AvgIpc) is 1.13. The highest BCUT2D eigenvalue weighted by Crippen LogP contribution is 2.31. The molecule has 2 heterocycles. The van der Waals surface area contributed by atoms with Crippen LogP contribution in [0, 0.1) is 36.5 Å². The molecule has 0 saturated carbocycles. The van der Waals surface area contributed by atoms with Crippen LogP contribution in [-0.2, 0) is 53.4 Å². The van der Waals surface area contributed by atoms with Crippen molar-refractivity contribution in [3.63, 3.8) is 0 Å². The summed E-state index contributed by atoms with van der Waals surface area (Å²) in [6.07, 6.45) is -3.58. The summed E-state index contributed by atoms with van der Waals surface area (Å²) in [6, 6.07) is 27.5. The fraction of sp³-hybridized carbons (Fsp3) is 0.333. The molecule has 0 aliphatic carbocycles. The highest BCUT2D eigenvalue weighted by molar-refractivity contribution is 7.85. The number of hydrogen-bond acceptors (Lipinski definition) is 14. The zero-order valence-electron chi connectivity index (χ0n) is 47.9. The van der Waals surface area contributed by atoms with Crippen molar-refractivity contribution in [2.24, 2.45) is 0 Å². The maximum absolute atomic E-state index is 13.8. The lowest BCUT2D eigenvalue weighted by atomic mass is 10.1. The van der Waals surface area contributed by atoms with Crippen molar-refractivity contribution in [1.29, 1.82) is 10.5 Å². The molecule has 0 aliphatic heterocycles. The molecule has 466 valence electrons. The summed E-state index contributed by atoms with van der Waals surface area (Å²) >= 11 is 0. The Kier molecular flexibility index (Phi) is 26.7. The molecule has 6 rings (SSSR count). The third-order valence-corrected chi connectivity index (χ3v) is 15.9. The van der Waals surface area contributed by atoms with E-state index >= 15 is 0 Å². The maximum atomic E-state index is 13.8. The van der Waals surface area contributed by atoms with Gasteiger partial charge in [0.05, 0.1) is 113 Å². The van der Waals surface area contributed by atoms with E-state index in [9.17, 15) is 65.3 Å². The molecule has 6 aromatic rings. The molecular weight excluding hydrogens is 1190 g/mol. The summed E-state index contributed by atoms with van der Waals surface area (Å²) in [5.41, 5.74) is -2.06. The minimum absolute atomic E-state index is 0.00937. The van der Waals surface area contributed by atoms with Gasteiger partial charge in [-0.3, -0.25) is 28.3 Å². The normalized spacial score (nSPS) is 11.8. The Morgan fingerprint density at radius 1 is 0.511 bits per heavy atom. The van der Waals surface area contributed by atoms with Crippen molar-refractivity contribution >= 4 is 45.5 Å². The number of nitrogens with zero attached hydrogens (tertiary/aromatic N) is 4. The number of pyridine rings is 2. The van der Waals surface area contributed by atoms with Gasteiger partial charge in [0.25, 0.3) is 22.9 Å². The van der Waals surface area contributed by atoms with Gasteiger partial charge in [0, 0.05) is 71.8 Å². The summed E-state index contributed by atoms with van der Waals surface area (Å²) in [5, 5.41) is 34.3. The van der Waals surface area contributed by atoms with Gasteiger partial charge in [0.15, 0.2) is 0 Å². The van der Waals surface area contributed by atoms with Gasteiger partial charge < -0.3 is 50.8 Å². The summed E-state index contributed by atoms with van der Waals surface area (Å²) in [4.78, 5) is 79.3. The molecule has 2 atom stereocenters. The van der Waals surface area contributed by atoms with E-state index < -0.39 is 80.6 Å². The number of aromatic nitrogens is 2. The van der Waals surface area contributed by atoms with Crippen LogP contribution >= 0.6 is 0 Å². The molecule has 88 heavy (non-hydrogen) atoms. The quantitative estimate of drug-likeness (QED) is 0.0216. The second kappa shape index (κ2) is 34.4. The summed E-state index contributed by atoms with van der Waals surface area (Å²) < 4.78 is 106. The van der Waals surface area contributed by atoms with Crippen molar-refractivity contribution in [2.75, 3.05) is 92.1 Å². The zero-order valence-corrected chi connectivity index (χ0v) is 49.6. The number of rotatable bonds is 32. The summed E-state index contributed by atoms with van der Waals surface area (Å²) in [5.74, 6) is -1.62. The van der Waals surface area contributed by atoms with Crippen LogP contribution in [0.5, 0.6) is 0 Å². The van der Waals surface area contributed by atoms with Crippen molar-refractivity contribution in [3.8, 4) is 23.5 Å². The molecule has 2 unspecified atom stereocenters. The first kappa shape index (κ1) is 68.2. The fourth-order valence-electron chi connectivity index (χ4n) is 8.40. The third kappa shape index (κ3) is 19.8. The Balaban J connectivity index is 0.782. The number of halogens is 4. The number of nitriles is 2. The summed E-state index contributed by atoms with van der Waals surface area (Å²) in [7, 11) is -3.88. The van der Waals surface area contributed by atoms with Gasteiger partial charge in [-0.15, -0.1) is 0 Å². The third-order valence-electron chi connectivity index (χ3n) is 12.9. The lowest BCUT2D eigenvalue weighted by Crippen LogP contribution is -2.39. The predicted octanol–water partition coefficient (Wildman–Crippen LogP) is 5.78. The van der Waals surface area contributed by atoms with Crippen LogP contribution in [0.25, 0.3) is 11.4 Å². The first-order valence-electron chi connectivity index (χ1n) is 27.5. The number of hydrogen-bond donors (Lipinski definition) is 6. The molecule has 4 aromatic carbocycles. The zero-order chi connectivity index (χ0) is 63.6. The summed E-state index contributed by atoms with van der Waals surface area (Å²) in [6.45, 7) is 4.24. The second-order valence-corrected chi connectivity index (χ2v) is 21.9. The topological polar surface area (TPSA) is 303 Å². The number of urea groups is 2. The van der Waals surface area contributed by atoms with Crippen LogP contribution in [0.2, 0.25) is 0 Å².